The van der Waals surface area contributed by atoms with E-state index in [1.165, 1.54) is 103 Å². The molecule has 0 amide bonds. The summed E-state index contributed by atoms with van der Waals surface area (Å²) in [4.78, 5) is 0. The molecule has 0 atom stereocenters. The van der Waals surface area contributed by atoms with Gasteiger partial charge in [0.1, 0.15) is 0 Å². The highest BCUT2D eigenvalue weighted by Crippen LogP contribution is 2.23. The third-order valence-electron chi connectivity index (χ3n) is 5.46. The van der Waals surface area contributed by atoms with Gasteiger partial charge in [0.25, 0.3) is 0 Å². The van der Waals surface area contributed by atoms with Crippen molar-refractivity contribution in [3.8, 4) is 0 Å². The highest BCUT2D eigenvalue weighted by Gasteiger charge is 2.18. The Labute approximate surface area is 136 Å². The van der Waals surface area contributed by atoms with Crippen molar-refractivity contribution in [2.45, 2.75) is 128 Å². The Morgan fingerprint density at radius 3 is 0.762 bits per heavy atom. The minimum absolute atomic E-state index is 0.844. The van der Waals surface area contributed by atoms with Crippen LogP contribution in [0.5, 0.6) is 0 Å². The van der Waals surface area contributed by atoms with Crippen molar-refractivity contribution in [1.82, 2.24) is 0 Å². The first kappa shape index (κ1) is 19.3. The fourth-order valence-corrected chi connectivity index (χ4v) is 6.47. The lowest BCUT2D eigenvalue weighted by molar-refractivity contribution is 0.532. The van der Waals surface area contributed by atoms with Crippen LogP contribution in [0, 0.1) is 0 Å². The van der Waals surface area contributed by atoms with E-state index in [1.54, 1.807) is 12.1 Å². The van der Waals surface area contributed by atoms with Gasteiger partial charge in [0.05, 0.1) is 0 Å². The van der Waals surface area contributed by atoms with Crippen molar-refractivity contribution in [1.29, 1.82) is 0 Å². The molecule has 0 unspecified atom stereocenters. The van der Waals surface area contributed by atoms with E-state index in [0.29, 0.717) is 0 Å². The molecule has 0 nitrogen and oxygen atoms in total. The second-order valence-corrected chi connectivity index (χ2v) is 13.6. The smallest absolute Gasteiger partial charge is 0.0473 e. The van der Waals surface area contributed by atoms with Crippen LogP contribution < -0.4 is 0 Å². The summed E-state index contributed by atoms with van der Waals surface area (Å²) in [6.07, 6.45) is 24.1. The summed E-state index contributed by atoms with van der Waals surface area (Å²) in [6, 6.07) is 3.18. The molecule has 1 rings (SSSR count). The maximum Gasteiger partial charge on any atom is 0.0473 e. The second kappa shape index (κ2) is 12.7. The molecule has 1 fully saturated rings. The normalized spacial score (nSPS) is 25.4. The van der Waals surface area contributed by atoms with Gasteiger partial charge in [0.2, 0.25) is 0 Å². The molecular weight excluding hydrogens is 268 g/mol. The molecule has 0 N–H and O–H groups in total. The minimum atomic E-state index is -0.844. The Hall–Kier alpha value is 0.217. The third kappa shape index (κ3) is 12.4. The third-order valence-corrected chi connectivity index (χ3v) is 8.87. The number of hydrogen-bond donors (Lipinski definition) is 0. The Bertz CT molecular complexity index is 200. The summed E-state index contributed by atoms with van der Waals surface area (Å²) < 4.78 is 0. The van der Waals surface area contributed by atoms with Crippen LogP contribution in [0.25, 0.3) is 0 Å². The van der Waals surface area contributed by atoms with Crippen LogP contribution in [0.1, 0.15) is 103 Å². The van der Waals surface area contributed by atoms with Crippen molar-refractivity contribution in [2.75, 3.05) is 0 Å². The van der Waals surface area contributed by atoms with E-state index in [4.69, 9.17) is 0 Å². The minimum Gasteiger partial charge on any atom is -0.0693 e. The molecule has 1 heteroatoms. The Kier molecular flexibility index (Phi) is 11.7. The maximum absolute atomic E-state index is 2.63. The standard InChI is InChI=1S/C20H42Si/c1-21(2)19-17-15-13-11-9-7-5-3-4-6-8-10-12-14-16-18-20-21/h3-20H2,1-2H3. The molecular formula is C20H42Si. The molecule has 1 aliphatic rings. The van der Waals surface area contributed by atoms with Gasteiger partial charge in [0, 0.05) is 8.07 Å². The monoisotopic (exact) mass is 310 g/mol. The van der Waals surface area contributed by atoms with E-state index in [-0.39, 0.29) is 0 Å². The summed E-state index contributed by atoms with van der Waals surface area (Å²) in [7, 11) is -0.844. The van der Waals surface area contributed by atoms with Crippen molar-refractivity contribution in [3.63, 3.8) is 0 Å². The summed E-state index contributed by atoms with van der Waals surface area (Å²) in [5, 5.41) is 0. The maximum atomic E-state index is 2.63. The highest BCUT2D eigenvalue weighted by atomic mass is 28.3. The van der Waals surface area contributed by atoms with Crippen molar-refractivity contribution >= 4 is 8.07 Å². The molecule has 0 aromatic rings. The van der Waals surface area contributed by atoms with Crippen LogP contribution >= 0.6 is 0 Å². The zero-order valence-corrected chi connectivity index (χ0v) is 16.2. The second-order valence-electron chi connectivity index (χ2n) is 8.32. The molecule has 0 aromatic carbocycles. The quantitative estimate of drug-likeness (QED) is 0.398. The van der Waals surface area contributed by atoms with E-state index in [2.05, 4.69) is 13.1 Å². The van der Waals surface area contributed by atoms with Gasteiger partial charge in [-0.25, -0.2) is 0 Å². The average molecular weight is 311 g/mol. The summed E-state index contributed by atoms with van der Waals surface area (Å²) in [6.45, 7) is 5.27. The van der Waals surface area contributed by atoms with Crippen LogP contribution in [-0.2, 0) is 0 Å². The van der Waals surface area contributed by atoms with Gasteiger partial charge in [-0.1, -0.05) is 128 Å². The van der Waals surface area contributed by atoms with E-state index < -0.39 is 8.07 Å². The molecule has 126 valence electrons. The first-order chi connectivity index (χ1) is 10.2. The number of rotatable bonds is 0. The lowest BCUT2D eigenvalue weighted by Crippen LogP contribution is -2.24. The topological polar surface area (TPSA) is 0 Å². The Morgan fingerprint density at radius 2 is 0.524 bits per heavy atom. The SMILES string of the molecule is C[Si]1(C)CCCCCCCCCCCCCCCCCC1. The van der Waals surface area contributed by atoms with Gasteiger partial charge in [0.15, 0.2) is 0 Å². The first-order valence-electron chi connectivity index (χ1n) is 10.2. The fourth-order valence-electron chi connectivity index (χ4n) is 3.81. The van der Waals surface area contributed by atoms with Gasteiger partial charge in [-0.2, -0.15) is 0 Å². The van der Waals surface area contributed by atoms with Crippen molar-refractivity contribution in [3.05, 3.63) is 0 Å². The van der Waals surface area contributed by atoms with Crippen molar-refractivity contribution in [2.24, 2.45) is 0 Å². The van der Waals surface area contributed by atoms with Crippen LogP contribution in [0.2, 0.25) is 25.2 Å². The molecule has 0 saturated carbocycles. The molecule has 0 aliphatic carbocycles. The van der Waals surface area contributed by atoms with E-state index in [1.807, 2.05) is 0 Å². The van der Waals surface area contributed by atoms with Gasteiger partial charge in [-0.05, 0) is 0 Å². The Morgan fingerprint density at radius 1 is 0.333 bits per heavy atom. The summed E-state index contributed by atoms with van der Waals surface area (Å²) in [5.41, 5.74) is 0. The average Bonchev–Trinajstić information content (AvgIpc) is 2.45. The van der Waals surface area contributed by atoms with Gasteiger partial charge in [-0.15, -0.1) is 0 Å². The predicted octanol–water partition coefficient (Wildman–Crippen LogP) is 7.95. The van der Waals surface area contributed by atoms with Crippen molar-refractivity contribution < 1.29 is 0 Å². The molecule has 1 aliphatic heterocycles. The molecule has 21 heavy (non-hydrogen) atoms. The molecule has 1 heterocycles. The molecule has 0 spiro atoms. The molecule has 0 bridgehead atoms. The lowest BCUT2D eigenvalue weighted by Gasteiger charge is -2.22. The molecule has 1 saturated heterocycles. The zero-order valence-electron chi connectivity index (χ0n) is 15.2. The highest BCUT2D eigenvalue weighted by molar-refractivity contribution is 6.77. The van der Waals surface area contributed by atoms with Gasteiger partial charge in [-0.3, -0.25) is 0 Å². The summed E-state index contributed by atoms with van der Waals surface area (Å²) >= 11 is 0. The lowest BCUT2D eigenvalue weighted by atomic mass is 10.0. The van der Waals surface area contributed by atoms with Crippen LogP contribution in [0.3, 0.4) is 0 Å². The van der Waals surface area contributed by atoms with E-state index in [9.17, 15) is 0 Å². The summed E-state index contributed by atoms with van der Waals surface area (Å²) in [5.74, 6) is 0. The first-order valence-corrected chi connectivity index (χ1v) is 13.6. The van der Waals surface area contributed by atoms with Crippen LogP contribution in [0.15, 0.2) is 0 Å². The Balaban J connectivity index is 2.18. The molecule has 0 radical (unpaired) electrons. The number of hydrogen-bond acceptors (Lipinski definition) is 0. The van der Waals surface area contributed by atoms with Crippen LogP contribution in [0.4, 0.5) is 0 Å². The van der Waals surface area contributed by atoms with E-state index in [0.717, 1.165) is 0 Å². The van der Waals surface area contributed by atoms with Gasteiger partial charge >= 0.3 is 0 Å². The predicted molar refractivity (Wildman–Crippen MR) is 101 cm³/mol. The molecule has 0 aromatic heterocycles. The zero-order chi connectivity index (χ0) is 15.2. The fraction of sp³-hybridized carbons (Fsp3) is 1.00. The van der Waals surface area contributed by atoms with Gasteiger partial charge < -0.3 is 0 Å². The van der Waals surface area contributed by atoms with E-state index >= 15 is 0 Å². The largest absolute Gasteiger partial charge is 0.0693 e. The van der Waals surface area contributed by atoms with Crippen LogP contribution in [-0.4, -0.2) is 8.07 Å².